The maximum Gasteiger partial charge on any atom is 0.240 e. The Balaban J connectivity index is 1.47. The molecule has 1 aliphatic carbocycles. The van der Waals surface area contributed by atoms with Crippen LogP contribution in [0.4, 0.5) is 0 Å². The standard InChI is InChI=1S/C20H26N2O3S2/c23-20(15-18-7-4-14-26-18)21-13-12-16-8-10-19(11-9-16)27(24,25)22-17-5-2-1-3-6-17/h4,7-11,14,17,22H,1-3,5-6,12-13,15H2,(H,21,23). The van der Waals surface area contributed by atoms with Crippen molar-refractivity contribution in [2.45, 2.75) is 55.9 Å². The third-order valence-electron chi connectivity index (χ3n) is 4.81. The monoisotopic (exact) mass is 406 g/mol. The lowest BCUT2D eigenvalue weighted by Gasteiger charge is -2.22. The van der Waals surface area contributed by atoms with Crippen LogP contribution in [0.15, 0.2) is 46.7 Å². The molecule has 3 rings (SSSR count). The van der Waals surface area contributed by atoms with Crippen LogP contribution >= 0.6 is 11.3 Å². The predicted octanol–water partition coefficient (Wildman–Crippen LogP) is 3.26. The number of carbonyl (C=O) groups excluding carboxylic acids is 1. The highest BCUT2D eigenvalue weighted by molar-refractivity contribution is 7.89. The summed E-state index contributed by atoms with van der Waals surface area (Å²) in [5.74, 6) is 0.00771. The molecule has 1 fully saturated rings. The maximum absolute atomic E-state index is 12.5. The molecular weight excluding hydrogens is 380 g/mol. The fraction of sp³-hybridized carbons (Fsp3) is 0.450. The van der Waals surface area contributed by atoms with Gasteiger partial charge in [0.15, 0.2) is 0 Å². The summed E-state index contributed by atoms with van der Waals surface area (Å²) in [6, 6.07) is 10.9. The molecule has 0 saturated heterocycles. The number of hydrogen-bond donors (Lipinski definition) is 2. The van der Waals surface area contributed by atoms with E-state index < -0.39 is 10.0 Å². The first-order valence-corrected chi connectivity index (χ1v) is 11.8. The number of carbonyl (C=O) groups is 1. The van der Waals surface area contributed by atoms with E-state index in [1.807, 2.05) is 29.6 Å². The minimum Gasteiger partial charge on any atom is -0.355 e. The number of amides is 1. The van der Waals surface area contributed by atoms with Crippen molar-refractivity contribution in [1.29, 1.82) is 0 Å². The van der Waals surface area contributed by atoms with Crippen molar-refractivity contribution in [3.63, 3.8) is 0 Å². The fourth-order valence-corrected chi connectivity index (χ4v) is 5.33. The van der Waals surface area contributed by atoms with Crippen LogP contribution in [0.2, 0.25) is 0 Å². The molecule has 7 heteroatoms. The third kappa shape index (κ3) is 6.16. The van der Waals surface area contributed by atoms with E-state index in [2.05, 4.69) is 10.0 Å². The van der Waals surface area contributed by atoms with E-state index in [0.717, 1.165) is 36.1 Å². The summed E-state index contributed by atoms with van der Waals surface area (Å²) in [7, 11) is -3.46. The van der Waals surface area contributed by atoms with Gasteiger partial charge in [-0.1, -0.05) is 37.5 Å². The zero-order chi connectivity index (χ0) is 19.1. The van der Waals surface area contributed by atoms with E-state index in [4.69, 9.17) is 0 Å². The van der Waals surface area contributed by atoms with Crippen molar-refractivity contribution < 1.29 is 13.2 Å². The molecule has 1 saturated carbocycles. The number of thiophene rings is 1. The lowest BCUT2D eigenvalue weighted by molar-refractivity contribution is -0.120. The summed E-state index contributed by atoms with van der Waals surface area (Å²) in [4.78, 5) is 13.2. The Morgan fingerprint density at radius 2 is 1.81 bits per heavy atom. The Bertz CT molecular complexity index is 825. The van der Waals surface area contributed by atoms with E-state index in [0.29, 0.717) is 24.3 Å². The molecule has 0 spiro atoms. The highest BCUT2D eigenvalue weighted by atomic mass is 32.2. The topological polar surface area (TPSA) is 75.3 Å². The quantitative estimate of drug-likeness (QED) is 0.707. The van der Waals surface area contributed by atoms with Gasteiger partial charge in [0.25, 0.3) is 0 Å². The van der Waals surface area contributed by atoms with Gasteiger partial charge in [-0.3, -0.25) is 4.79 Å². The van der Waals surface area contributed by atoms with Crippen LogP contribution < -0.4 is 10.0 Å². The van der Waals surface area contributed by atoms with Gasteiger partial charge in [0.2, 0.25) is 15.9 Å². The van der Waals surface area contributed by atoms with Gasteiger partial charge in [-0.15, -0.1) is 11.3 Å². The van der Waals surface area contributed by atoms with Crippen molar-refractivity contribution in [3.05, 3.63) is 52.2 Å². The molecule has 1 amide bonds. The van der Waals surface area contributed by atoms with Gasteiger partial charge in [0.1, 0.15) is 0 Å². The minimum absolute atomic E-state index is 0.00771. The smallest absolute Gasteiger partial charge is 0.240 e. The summed E-state index contributed by atoms with van der Waals surface area (Å²) < 4.78 is 27.8. The molecule has 0 aliphatic heterocycles. The lowest BCUT2D eigenvalue weighted by Crippen LogP contribution is -2.36. The zero-order valence-corrected chi connectivity index (χ0v) is 16.9. The molecule has 1 aliphatic rings. The Morgan fingerprint density at radius 3 is 2.48 bits per heavy atom. The van der Waals surface area contributed by atoms with Gasteiger partial charge in [0.05, 0.1) is 11.3 Å². The first-order chi connectivity index (χ1) is 13.0. The molecule has 1 heterocycles. The maximum atomic E-state index is 12.5. The van der Waals surface area contributed by atoms with Crippen LogP contribution in [0.5, 0.6) is 0 Å². The van der Waals surface area contributed by atoms with Crippen molar-refractivity contribution in [3.8, 4) is 0 Å². The van der Waals surface area contributed by atoms with E-state index in [9.17, 15) is 13.2 Å². The van der Waals surface area contributed by atoms with Crippen LogP contribution in [0.25, 0.3) is 0 Å². The average Bonchev–Trinajstić information content (AvgIpc) is 3.15. The molecule has 5 nitrogen and oxygen atoms in total. The molecule has 27 heavy (non-hydrogen) atoms. The van der Waals surface area contributed by atoms with Gasteiger partial charge >= 0.3 is 0 Å². The van der Waals surface area contributed by atoms with Crippen molar-refractivity contribution in [2.75, 3.05) is 6.54 Å². The van der Waals surface area contributed by atoms with Crippen LogP contribution in [-0.4, -0.2) is 26.9 Å². The number of nitrogens with one attached hydrogen (secondary N) is 2. The molecule has 146 valence electrons. The van der Waals surface area contributed by atoms with E-state index in [-0.39, 0.29) is 11.9 Å². The number of benzene rings is 1. The van der Waals surface area contributed by atoms with Gasteiger partial charge in [-0.25, -0.2) is 13.1 Å². The third-order valence-corrected chi connectivity index (χ3v) is 7.22. The second-order valence-corrected chi connectivity index (χ2v) is 9.70. The highest BCUT2D eigenvalue weighted by Gasteiger charge is 2.21. The minimum atomic E-state index is -3.46. The molecule has 0 bridgehead atoms. The van der Waals surface area contributed by atoms with Gasteiger partial charge in [-0.2, -0.15) is 0 Å². The summed E-state index contributed by atoms with van der Waals surface area (Å²) in [5, 5.41) is 4.87. The van der Waals surface area contributed by atoms with Crippen molar-refractivity contribution >= 4 is 27.3 Å². The second kappa shape index (κ2) is 9.48. The normalized spacial score (nSPS) is 15.6. The summed E-state index contributed by atoms with van der Waals surface area (Å²) in [6.45, 7) is 0.538. The SMILES string of the molecule is O=C(Cc1cccs1)NCCc1ccc(S(=O)(=O)NC2CCCCC2)cc1. The second-order valence-electron chi connectivity index (χ2n) is 6.96. The van der Waals surface area contributed by atoms with Gasteiger partial charge in [-0.05, 0) is 48.4 Å². The van der Waals surface area contributed by atoms with E-state index in [1.54, 1.807) is 23.5 Å². The van der Waals surface area contributed by atoms with Crippen LogP contribution in [0.3, 0.4) is 0 Å². The Hall–Kier alpha value is -1.70. The van der Waals surface area contributed by atoms with Gasteiger partial charge in [0, 0.05) is 17.5 Å². The molecule has 0 radical (unpaired) electrons. The number of sulfonamides is 1. The van der Waals surface area contributed by atoms with Crippen LogP contribution in [0.1, 0.15) is 42.5 Å². The predicted molar refractivity (Wildman–Crippen MR) is 108 cm³/mol. The van der Waals surface area contributed by atoms with E-state index in [1.165, 1.54) is 6.42 Å². The Kier molecular flexibility index (Phi) is 7.04. The summed E-state index contributed by atoms with van der Waals surface area (Å²) in [6.07, 6.45) is 6.28. The molecule has 0 unspecified atom stereocenters. The fourth-order valence-electron chi connectivity index (χ4n) is 3.32. The van der Waals surface area contributed by atoms with Crippen molar-refractivity contribution in [2.24, 2.45) is 0 Å². The largest absolute Gasteiger partial charge is 0.355 e. The zero-order valence-electron chi connectivity index (χ0n) is 15.3. The molecule has 2 N–H and O–H groups in total. The number of hydrogen-bond acceptors (Lipinski definition) is 4. The number of rotatable bonds is 8. The van der Waals surface area contributed by atoms with Gasteiger partial charge < -0.3 is 5.32 Å². The molecular formula is C20H26N2O3S2. The summed E-state index contributed by atoms with van der Waals surface area (Å²) in [5.41, 5.74) is 1.00. The summed E-state index contributed by atoms with van der Waals surface area (Å²) >= 11 is 1.57. The first kappa shape index (κ1) is 20.0. The highest BCUT2D eigenvalue weighted by Crippen LogP contribution is 2.20. The van der Waals surface area contributed by atoms with E-state index >= 15 is 0 Å². The molecule has 2 aromatic rings. The molecule has 1 aromatic carbocycles. The average molecular weight is 407 g/mol. The molecule has 0 atom stereocenters. The molecule has 1 aromatic heterocycles. The van der Waals surface area contributed by atoms with Crippen molar-refractivity contribution in [1.82, 2.24) is 10.0 Å². The Morgan fingerprint density at radius 1 is 1.07 bits per heavy atom. The van der Waals surface area contributed by atoms with Crippen LogP contribution in [-0.2, 0) is 27.7 Å². The van der Waals surface area contributed by atoms with Crippen LogP contribution in [0, 0.1) is 0 Å². The first-order valence-electron chi connectivity index (χ1n) is 9.43. The Labute approximate surface area is 165 Å². The lowest BCUT2D eigenvalue weighted by atomic mass is 9.96.